The molecule has 0 heterocycles. The van der Waals surface area contributed by atoms with Gasteiger partial charge in [-0.15, -0.1) is 0 Å². The quantitative estimate of drug-likeness (QED) is 0.547. The molecule has 1 aromatic carbocycles. The van der Waals surface area contributed by atoms with Gasteiger partial charge in [-0.25, -0.2) is 4.39 Å². The molecule has 0 radical (unpaired) electrons. The Balaban J connectivity index is 2.57. The van der Waals surface area contributed by atoms with Crippen LogP contribution in [0.2, 0.25) is 0 Å². The molecule has 0 amide bonds. The van der Waals surface area contributed by atoms with E-state index in [9.17, 15) is 4.39 Å². The van der Waals surface area contributed by atoms with Gasteiger partial charge in [0.2, 0.25) is 0 Å². The van der Waals surface area contributed by atoms with Crippen LogP contribution in [0.5, 0.6) is 5.75 Å². The average Bonchev–Trinajstić information content (AvgIpc) is 2.18. The molecule has 0 aliphatic heterocycles. The second-order valence-corrected chi connectivity index (χ2v) is 2.88. The van der Waals surface area contributed by atoms with Crippen molar-refractivity contribution < 1.29 is 14.2 Å². The van der Waals surface area contributed by atoms with Crippen molar-refractivity contribution in [2.45, 2.75) is 6.42 Å². The van der Waals surface area contributed by atoms with Crippen molar-refractivity contribution in [1.29, 1.82) is 0 Å². The van der Waals surface area contributed by atoms with Gasteiger partial charge < -0.3 is 9.84 Å². The van der Waals surface area contributed by atoms with Gasteiger partial charge in [-0.1, -0.05) is 6.07 Å². The van der Waals surface area contributed by atoms with Gasteiger partial charge in [0.05, 0.1) is 13.8 Å². The molecule has 0 fully saturated rings. The lowest BCUT2D eigenvalue weighted by molar-refractivity contribution is 0.262. The smallest absolute Gasteiger partial charge is 0.165 e. The summed E-state index contributed by atoms with van der Waals surface area (Å²) in [6.45, 7) is 0.570. The maximum absolute atomic E-state index is 13.2. The lowest BCUT2D eigenvalue weighted by Gasteiger charge is -2.05. The van der Waals surface area contributed by atoms with E-state index in [4.69, 9.17) is 9.84 Å². The Morgan fingerprint density at radius 1 is 1.50 bits per heavy atom. The zero-order valence-electron chi connectivity index (χ0n) is 8.09. The molecule has 78 valence electrons. The number of ether oxygens (including phenoxy) is 1. The molecule has 3 nitrogen and oxygen atoms in total. The number of hydrogen-bond acceptors (Lipinski definition) is 3. The van der Waals surface area contributed by atoms with E-state index in [-0.39, 0.29) is 18.3 Å². The maximum atomic E-state index is 13.2. The SMILES string of the molecule is COc1ccc(CCNCO)cc1F. The van der Waals surface area contributed by atoms with Crippen molar-refractivity contribution in [3.63, 3.8) is 0 Å². The Morgan fingerprint density at radius 2 is 2.29 bits per heavy atom. The monoisotopic (exact) mass is 199 g/mol. The number of nitrogens with one attached hydrogen (secondary N) is 1. The molecule has 1 aromatic rings. The van der Waals surface area contributed by atoms with Crippen molar-refractivity contribution in [2.75, 3.05) is 20.4 Å². The molecule has 0 aliphatic carbocycles. The Hall–Kier alpha value is -1.13. The number of hydrogen-bond donors (Lipinski definition) is 2. The number of aliphatic hydroxyl groups excluding tert-OH is 1. The zero-order valence-corrected chi connectivity index (χ0v) is 8.09. The van der Waals surface area contributed by atoms with E-state index < -0.39 is 0 Å². The summed E-state index contributed by atoms with van der Waals surface area (Å²) in [5, 5.41) is 11.2. The average molecular weight is 199 g/mol. The van der Waals surface area contributed by atoms with Crippen LogP contribution in [0.15, 0.2) is 18.2 Å². The van der Waals surface area contributed by atoms with Gasteiger partial charge in [-0.05, 0) is 24.1 Å². The van der Waals surface area contributed by atoms with Crippen LogP contribution in [0.25, 0.3) is 0 Å². The van der Waals surface area contributed by atoms with Gasteiger partial charge in [0.15, 0.2) is 11.6 Å². The molecule has 0 atom stereocenters. The Kier molecular flexibility index (Phi) is 4.35. The van der Waals surface area contributed by atoms with E-state index in [0.29, 0.717) is 13.0 Å². The van der Waals surface area contributed by atoms with E-state index in [1.54, 1.807) is 12.1 Å². The maximum Gasteiger partial charge on any atom is 0.165 e. The molecular weight excluding hydrogens is 185 g/mol. The third-order valence-electron chi connectivity index (χ3n) is 1.92. The minimum Gasteiger partial charge on any atom is -0.494 e. The Morgan fingerprint density at radius 3 is 2.86 bits per heavy atom. The van der Waals surface area contributed by atoms with Crippen LogP contribution in [0.1, 0.15) is 5.56 Å². The van der Waals surface area contributed by atoms with Crippen LogP contribution in [0.3, 0.4) is 0 Å². The van der Waals surface area contributed by atoms with Gasteiger partial charge in [0, 0.05) is 6.54 Å². The third-order valence-corrected chi connectivity index (χ3v) is 1.92. The normalized spacial score (nSPS) is 10.2. The van der Waals surface area contributed by atoms with Crippen LogP contribution in [0.4, 0.5) is 4.39 Å². The second-order valence-electron chi connectivity index (χ2n) is 2.88. The summed E-state index contributed by atoms with van der Waals surface area (Å²) in [6.07, 6.45) is 0.682. The molecule has 0 saturated heterocycles. The number of rotatable bonds is 5. The number of methoxy groups -OCH3 is 1. The largest absolute Gasteiger partial charge is 0.494 e. The van der Waals surface area contributed by atoms with Gasteiger partial charge in [-0.2, -0.15) is 0 Å². The van der Waals surface area contributed by atoms with Gasteiger partial charge in [0.25, 0.3) is 0 Å². The fourth-order valence-electron chi connectivity index (χ4n) is 1.18. The van der Waals surface area contributed by atoms with Crippen LogP contribution >= 0.6 is 0 Å². The molecule has 0 aliphatic rings. The van der Waals surface area contributed by atoms with E-state index >= 15 is 0 Å². The fourth-order valence-corrected chi connectivity index (χ4v) is 1.18. The first kappa shape index (κ1) is 10.9. The zero-order chi connectivity index (χ0) is 10.4. The fraction of sp³-hybridized carbons (Fsp3) is 0.400. The minimum absolute atomic E-state index is 0.0569. The topological polar surface area (TPSA) is 41.5 Å². The first-order valence-electron chi connectivity index (χ1n) is 4.42. The van der Waals surface area contributed by atoms with E-state index in [2.05, 4.69) is 5.32 Å². The Labute approximate surface area is 82.5 Å². The highest BCUT2D eigenvalue weighted by Crippen LogP contribution is 2.17. The standard InChI is InChI=1S/C10H14FNO2/c1-14-10-3-2-8(6-9(10)11)4-5-12-7-13/h2-3,6,12-13H,4-5,7H2,1H3. The van der Waals surface area contributed by atoms with Gasteiger partial charge in [0.1, 0.15) is 0 Å². The van der Waals surface area contributed by atoms with Crippen molar-refractivity contribution in [1.82, 2.24) is 5.32 Å². The van der Waals surface area contributed by atoms with E-state index in [1.807, 2.05) is 0 Å². The number of aliphatic hydroxyl groups is 1. The van der Waals surface area contributed by atoms with Crippen LogP contribution in [-0.2, 0) is 6.42 Å². The number of halogens is 1. The van der Waals surface area contributed by atoms with E-state index in [0.717, 1.165) is 5.56 Å². The highest BCUT2D eigenvalue weighted by atomic mass is 19.1. The van der Waals surface area contributed by atoms with Crippen LogP contribution in [0, 0.1) is 5.82 Å². The first-order chi connectivity index (χ1) is 6.77. The van der Waals surface area contributed by atoms with Gasteiger partial charge in [-0.3, -0.25) is 5.32 Å². The molecule has 14 heavy (non-hydrogen) atoms. The predicted octanol–water partition coefficient (Wildman–Crippen LogP) is 0.916. The van der Waals surface area contributed by atoms with Crippen molar-refractivity contribution in [3.05, 3.63) is 29.6 Å². The molecule has 0 bridgehead atoms. The van der Waals surface area contributed by atoms with Crippen molar-refractivity contribution in [2.24, 2.45) is 0 Å². The lowest BCUT2D eigenvalue weighted by atomic mass is 10.1. The van der Waals surface area contributed by atoms with Gasteiger partial charge >= 0.3 is 0 Å². The van der Waals surface area contributed by atoms with Crippen LogP contribution < -0.4 is 10.1 Å². The molecule has 1 rings (SSSR count). The summed E-state index contributed by atoms with van der Waals surface area (Å²) in [7, 11) is 1.44. The molecule has 0 spiro atoms. The molecular formula is C10H14FNO2. The lowest BCUT2D eigenvalue weighted by Crippen LogP contribution is -2.17. The molecule has 4 heteroatoms. The summed E-state index contributed by atoms with van der Waals surface area (Å²) < 4.78 is 18.0. The highest BCUT2D eigenvalue weighted by Gasteiger charge is 2.02. The van der Waals surface area contributed by atoms with Crippen molar-refractivity contribution >= 4 is 0 Å². The summed E-state index contributed by atoms with van der Waals surface area (Å²) in [6, 6.07) is 4.85. The molecule has 2 N–H and O–H groups in total. The third kappa shape index (κ3) is 2.97. The number of benzene rings is 1. The molecule has 0 unspecified atom stereocenters. The van der Waals surface area contributed by atoms with Crippen LogP contribution in [-0.4, -0.2) is 25.5 Å². The molecule has 0 aromatic heterocycles. The van der Waals surface area contributed by atoms with E-state index in [1.165, 1.54) is 13.2 Å². The first-order valence-corrected chi connectivity index (χ1v) is 4.42. The summed E-state index contributed by atoms with van der Waals surface area (Å²) in [4.78, 5) is 0. The molecule has 0 saturated carbocycles. The highest BCUT2D eigenvalue weighted by molar-refractivity contribution is 5.29. The minimum atomic E-state index is -0.353. The Bertz CT molecular complexity index is 291. The second kappa shape index (κ2) is 5.57. The predicted molar refractivity (Wildman–Crippen MR) is 51.7 cm³/mol. The summed E-state index contributed by atoms with van der Waals surface area (Å²) in [5.41, 5.74) is 0.879. The summed E-state index contributed by atoms with van der Waals surface area (Å²) in [5.74, 6) is -0.0992. The summed E-state index contributed by atoms with van der Waals surface area (Å²) >= 11 is 0. The van der Waals surface area contributed by atoms with Crippen molar-refractivity contribution in [3.8, 4) is 5.75 Å².